The highest BCUT2D eigenvalue weighted by molar-refractivity contribution is 6.53. The summed E-state index contributed by atoms with van der Waals surface area (Å²) in [7, 11) is 1.38. The number of nitrogens with zero attached hydrogens (tertiary/aromatic N) is 1. The van der Waals surface area contributed by atoms with E-state index < -0.39 is 10.7 Å². The van der Waals surface area contributed by atoms with Crippen molar-refractivity contribution >= 4 is 34.9 Å². The van der Waals surface area contributed by atoms with Crippen LogP contribution in [0.1, 0.15) is 13.8 Å². The highest BCUT2D eigenvalue weighted by Gasteiger charge is 2.12. The molecule has 0 fully saturated rings. The van der Waals surface area contributed by atoms with Gasteiger partial charge in [-0.2, -0.15) is 0 Å². The topological polar surface area (TPSA) is 63.4 Å². The molecule has 0 atom stereocenters. The highest BCUT2D eigenvalue weighted by atomic mass is 35.5. The van der Waals surface area contributed by atoms with Crippen molar-refractivity contribution < 1.29 is 9.59 Å². The molecule has 6 heteroatoms. The molecule has 0 aliphatic heterocycles. The highest BCUT2D eigenvalue weighted by Crippen LogP contribution is 2.02. The van der Waals surface area contributed by atoms with Crippen LogP contribution in [0.3, 0.4) is 0 Å². The smallest absolute Gasteiger partial charge is 0.269 e. The summed E-state index contributed by atoms with van der Waals surface area (Å²) in [4.78, 5) is 18.8. The van der Waals surface area contributed by atoms with Crippen molar-refractivity contribution in [2.75, 3.05) is 7.05 Å². The van der Waals surface area contributed by atoms with Gasteiger partial charge in [0.05, 0.1) is 0 Å². The van der Waals surface area contributed by atoms with Crippen LogP contribution in [0.15, 0.2) is 0 Å². The van der Waals surface area contributed by atoms with E-state index in [1.165, 1.54) is 20.9 Å². The fraction of sp³-hybridized carbons (Fsp3) is 0.667. The van der Waals surface area contributed by atoms with E-state index in [4.69, 9.17) is 29.0 Å². The van der Waals surface area contributed by atoms with E-state index in [1.54, 1.807) is 0 Å². The fourth-order valence-electron chi connectivity index (χ4n) is 0.154. The first-order valence-electron chi connectivity index (χ1n) is 3.06. The van der Waals surface area contributed by atoms with E-state index in [1.807, 2.05) is 0 Å². The number of nitrogens with two attached hydrogens (primary N) is 1. The Hall–Kier alpha value is -0.320. The van der Waals surface area contributed by atoms with Crippen LogP contribution >= 0.6 is 23.2 Å². The average molecular weight is 215 g/mol. The van der Waals surface area contributed by atoms with Gasteiger partial charge in [0, 0.05) is 7.05 Å². The molecule has 0 aromatic rings. The van der Waals surface area contributed by atoms with Crippen LogP contribution in [0.4, 0.5) is 0 Å². The quantitative estimate of drug-likeness (QED) is 0.303. The van der Waals surface area contributed by atoms with Crippen molar-refractivity contribution in [2.45, 2.75) is 18.7 Å². The third-order valence-electron chi connectivity index (χ3n) is 0.534. The van der Waals surface area contributed by atoms with Gasteiger partial charge in [-0.3, -0.25) is 9.80 Å². The summed E-state index contributed by atoms with van der Waals surface area (Å²) in [5.74, 6) is 4.61. The van der Waals surface area contributed by atoms with Gasteiger partial charge in [0.1, 0.15) is 5.78 Å². The minimum Gasteiger partial charge on any atom is -0.300 e. The van der Waals surface area contributed by atoms with Crippen molar-refractivity contribution in [1.29, 1.82) is 0 Å². The SMILES string of the molecule is CC(C)=O.CN(N)C(=O)C(Cl)Cl. The largest absolute Gasteiger partial charge is 0.300 e. The first-order chi connectivity index (χ1) is 5.29. The maximum Gasteiger partial charge on any atom is 0.269 e. The Balaban J connectivity index is 0. The number of hydrogen-bond acceptors (Lipinski definition) is 3. The van der Waals surface area contributed by atoms with Crippen LogP contribution in [0.2, 0.25) is 0 Å². The van der Waals surface area contributed by atoms with Crippen molar-refractivity contribution in [3.05, 3.63) is 0 Å². The molecular weight excluding hydrogens is 203 g/mol. The van der Waals surface area contributed by atoms with Gasteiger partial charge in [0.25, 0.3) is 5.91 Å². The molecule has 0 aliphatic rings. The molecular formula is C6H12Cl2N2O2. The van der Waals surface area contributed by atoms with Crippen LogP contribution in [0, 0.1) is 0 Å². The lowest BCUT2D eigenvalue weighted by molar-refractivity contribution is -0.128. The molecule has 0 heterocycles. The number of rotatable bonds is 1. The first kappa shape index (κ1) is 14.2. The molecule has 0 radical (unpaired) electrons. The Morgan fingerprint density at radius 2 is 1.58 bits per heavy atom. The average Bonchev–Trinajstić information content (AvgIpc) is 1.84. The maximum absolute atomic E-state index is 10.4. The monoisotopic (exact) mass is 214 g/mol. The van der Waals surface area contributed by atoms with Crippen LogP contribution in [0.5, 0.6) is 0 Å². The molecule has 72 valence electrons. The molecule has 0 aromatic heterocycles. The second kappa shape index (κ2) is 7.34. The first-order valence-corrected chi connectivity index (χ1v) is 3.94. The number of halogens is 2. The Morgan fingerprint density at radius 1 is 1.33 bits per heavy atom. The zero-order valence-corrected chi connectivity index (χ0v) is 8.69. The van der Waals surface area contributed by atoms with E-state index in [-0.39, 0.29) is 5.78 Å². The van der Waals surface area contributed by atoms with Crippen molar-refractivity contribution in [1.82, 2.24) is 5.01 Å². The van der Waals surface area contributed by atoms with E-state index in [2.05, 4.69) is 0 Å². The van der Waals surface area contributed by atoms with Crippen LogP contribution in [-0.2, 0) is 9.59 Å². The Kier molecular flexibility index (Phi) is 8.69. The Labute approximate surface area is 81.6 Å². The summed E-state index contributed by atoms with van der Waals surface area (Å²) >= 11 is 10.2. The normalized spacial score (nSPS) is 8.58. The van der Waals surface area contributed by atoms with Gasteiger partial charge >= 0.3 is 0 Å². The van der Waals surface area contributed by atoms with Crippen LogP contribution in [0.25, 0.3) is 0 Å². The van der Waals surface area contributed by atoms with E-state index in [0.717, 1.165) is 5.01 Å². The third kappa shape index (κ3) is 12.4. The molecule has 0 aromatic carbocycles. The van der Waals surface area contributed by atoms with Gasteiger partial charge in [0.2, 0.25) is 0 Å². The van der Waals surface area contributed by atoms with E-state index >= 15 is 0 Å². The molecule has 0 aliphatic carbocycles. The number of hydrogen-bond donors (Lipinski definition) is 1. The lowest BCUT2D eigenvalue weighted by Crippen LogP contribution is -2.36. The number of alkyl halides is 2. The molecule has 4 nitrogen and oxygen atoms in total. The summed E-state index contributed by atoms with van der Waals surface area (Å²) in [6.45, 7) is 3.06. The van der Waals surface area contributed by atoms with Gasteiger partial charge in [-0.05, 0) is 13.8 Å². The van der Waals surface area contributed by atoms with Crippen LogP contribution in [-0.4, -0.2) is 28.6 Å². The van der Waals surface area contributed by atoms with Crippen molar-refractivity contribution in [3.8, 4) is 0 Å². The number of carbonyl (C=O) groups excluding carboxylic acids is 2. The zero-order chi connectivity index (χ0) is 10.3. The maximum atomic E-state index is 10.4. The Bertz CT molecular complexity index is 146. The molecule has 2 N–H and O–H groups in total. The molecule has 12 heavy (non-hydrogen) atoms. The lowest BCUT2D eigenvalue weighted by Gasteiger charge is -2.08. The number of amides is 1. The zero-order valence-electron chi connectivity index (χ0n) is 7.17. The summed E-state index contributed by atoms with van der Waals surface area (Å²) in [5, 5.41) is 0.838. The number of ketones is 1. The lowest BCUT2D eigenvalue weighted by atomic mass is 10.6. The molecule has 1 amide bonds. The Morgan fingerprint density at radius 3 is 1.58 bits per heavy atom. The minimum absolute atomic E-state index is 0.167. The standard InChI is InChI=1S/C3H6Cl2N2O.C3H6O/c1-7(6)3(8)2(4)5;1-3(2)4/h2H,6H2,1H3;1-2H3. The van der Waals surface area contributed by atoms with Gasteiger partial charge in [-0.25, -0.2) is 5.84 Å². The molecule has 0 saturated heterocycles. The van der Waals surface area contributed by atoms with Crippen molar-refractivity contribution in [3.63, 3.8) is 0 Å². The second-order valence-corrected chi connectivity index (χ2v) is 3.25. The van der Waals surface area contributed by atoms with Gasteiger partial charge in [-0.1, -0.05) is 23.2 Å². The minimum atomic E-state index is -1.05. The summed E-state index contributed by atoms with van der Waals surface area (Å²) in [5.41, 5.74) is 0. The van der Waals surface area contributed by atoms with E-state index in [0.29, 0.717) is 0 Å². The third-order valence-corrected chi connectivity index (χ3v) is 0.908. The number of hydrazine groups is 1. The summed E-state index contributed by atoms with van der Waals surface area (Å²) < 4.78 is 0. The molecule has 0 saturated carbocycles. The molecule has 0 rings (SSSR count). The van der Waals surface area contributed by atoms with E-state index in [9.17, 15) is 9.59 Å². The molecule has 0 spiro atoms. The number of Topliss-reactive ketones (excluding diaryl/α,β-unsaturated/α-hetero) is 1. The summed E-state index contributed by atoms with van der Waals surface area (Å²) in [6.07, 6.45) is 0. The van der Waals surface area contributed by atoms with Crippen LogP contribution < -0.4 is 5.84 Å². The second-order valence-electron chi connectivity index (χ2n) is 2.16. The van der Waals surface area contributed by atoms with Gasteiger partial charge in [-0.15, -0.1) is 0 Å². The predicted molar refractivity (Wildman–Crippen MR) is 48.8 cm³/mol. The molecule has 0 unspecified atom stereocenters. The predicted octanol–water partition coefficient (Wildman–Crippen LogP) is 0.718. The number of carbonyl (C=O) groups is 2. The van der Waals surface area contributed by atoms with Crippen molar-refractivity contribution in [2.24, 2.45) is 5.84 Å². The van der Waals surface area contributed by atoms with Gasteiger partial charge < -0.3 is 4.79 Å². The molecule has 0 bridgehead atoms. The summed E-state index contributed by atoms with van der Waals surface area (Å²) in [6, 6.07) is 0. The fourth-order valence-corrected chi connectivity index (χ4v) is 0.462. The van der Waals surface area contributed by atoms with Gasteiger partial charge in [0.15, 0.2) is 4.84 Å².